The van der Waals surface area contributed by atoms with E-state index in [2.05, 4.69) is 11.3 Å². The van der Waals surface area contributed by atoms with Crippen molar-refractivity contribution in [2.24, 2.45) is 0 Å². The summed E-state index contributed by atoms with van der Waals surface area (Å²) in [6.07, 6.45) is 0. The molecule has 9 heteroatoms. The topological polar surface area (TPSA) is 118 Å². The van der Waals surface area contributed by atoms with Gasteiger partial charge in [0.25, 0.3) is 0 Å². The van der Waals surface area contributed by atoms with Gasteiger partial charge in [-0.3, -0.25) is 9.11 Å². The van der Waals surface area contributed by atoms with Crippen molar-refractivity contribution in [2.75, 3.05) is 6.61 Å². The molecule has 0 bridgehead atoms. The van der Waals surface area contributed by atoms with Gasteiger partial charge < -0.3 is 0 Å². The predicted molar refractivity (Wildman–Crippen MR) is 50.7 cm³/mol. The second-order valence-corrected chi connectivity index (χ2v) is 4.52. The van der Waals surface area contributed by atoms with Crippen molar-refractivity contribution >= 4 is 47.3 Å². The first-order chi connectivity index (χ1) is 6.54. The summed E-state index contributed by atoms with van der Waals surface area (Å²) in [7, 11) is -4.67. The molecule has 0 aromatic heterocycles. The average Bonchev–Trinajstić information content (AvgIpc) is 1.96. The Morgan fingerprint density at radius 1 is 1.40 bits per heavy atom. The van der Waals surface area contributed by atoms with Crippen LogP contribution in [0.5, 0.6) is 0 Å². The van der Waals surface area contributed by atoms with Crippen LogP contribution in [0.3, 0.4) is 0 Å². The van der Waals surface area contributed by atoms with Crippen molar-refractivity contribution in [1.29, 1.82) is 0 Å². The van der Waals surface area contributed by atoms with Crippen molar-refractivity contribution < 1.29 is 31.8 Å². The summed E-state index contributed by atoms with van der Waals surface area (Å²) in [5, 5.41) is 0. The van der Waals surface area contributed by atoms with Crippen LogP contribution in [0.25, 0.3) is 0 Å². The molecule has 2 N–H and O–H groups in total. The van der Waals surface area contributed by atoms with Crippen LogP contribution < -0.4 is 0 Å². The fourth-order valence-electron chi connectivity index (χ4n) is 0.290. The molecule has 0 rings (SSSR count). The van der Waals surface area contributed by atoms with E-state index in [9.17, 15) is 9.59 Å². The minimum absolute atomic E-state index is 0.0328. The second kappa shape index (κ2) is 7.97. The molecule has 15 heavy (non-hydrogen) atoms. The molecule has 7 nitrogen and oxygen atoms in total. The van der Waals surface area contributed by atoms with Crippen LogP contribution >= 0.6 is 0 Å². The monoisotopic (exact) mass is 248 g/mol. The van der Waals surface area contributed by atoms with E-state index >= 15 is 0 Å². The van der Waals surface area contributed by atoms with Gasteiger partial charge in [-0.2, -0.15) is 8.42 Å². The molecule has 0 aromatic carbocycles. The number of rotatable bonds is 3. The standard InChI is InChI=1S/C6H7O3.Na.H2O4S/c1-5(2)6(8)9-4-3-7;;1-5(2,3)4/h1,4H2,2H3;;(H2,1,2,3,4). The summed E-state index contributed by atoms with van der Waals surface area (Å²) in [6, 6.07) is 0. The Hall–Kier alpha value is -0.250. The van der Waals surface area contributed by atoms with Crippen LogP contribution in [0.2, 0.25) is 0 Å². The van der Waals surface area contributed by atoms with Gasteiger partial charge >= 0.3 is 87.3 Å². The van der Waals surface area contributed by atoms with Gasteiger partial charge in [-0.15, -0.1) is 0 Å². The molecule has 0 aliphatic heterocycles. The summed E-state index contributed by atoms with van der Waals surface area (Å²) in [4.78, 5) is 20.9. The van der Waals surface area contributed by atoms with E-state index in [0.717, 1.165) is 0 Å². The quantitative estimate of drug-likeness (QED) is 0.289. The summed E-state index contributed by atoms with van der Waals surface area (Å²) >= 11 is 0.424. The van der Waals surface area contributed by atoms with Crippen molar-refractivity contribution in [3.8, 4) is 0 Å². The third-order valence-electron chi connectivity index (χ3n) is 0.755. The Balaban J connectivity index is 0. The molecule has 0 atom stereocenters. The van der Waals surface area contributed by atoms with Crippen molar-refractivity contribution in [2.45, 2.75) is 6.92 Å². The molecular weight excluding hydrogens is 239 g/mol. The molecule has 0 heterocycles. The molecule has 0 amide bonds. The Labute approximate surface area is 104 Å². The molecule has 0 spiro atoms. The van der Waals surface area contributed by atoms with Crippen LogP contribution in [0, 0.1) is 0 Å². The molecule has 0 saturated heterocycles. The fraction of sp³-hybridized carbons (Fsp3) is 0.333. The molecule has 0 radical (unpaired) electrons. The van der Waals surface area contributed by atoms with Gasteiger partial charge in [0.05, 0.1) is 0 Å². The SMILES string of the molecule is C=C(C)C(=O)OC[C](=O)[Na].O=S(=O)(O)O. The zero-order valence-corrected chi connectivity index (χ0v) is 11.1. The molecule has 0 aliphatic rings. The van der Waals surface area contributed by atoms with Crippen LogP contribution in [-0.4, -0.2) is 61.1 Å². The maximum atomic E-state index is 10.6. The molecular formula is C6H9NaO7S. The molecule has 0 unspecified atom stereocenters. The van der Waals surface area contributed by atoms with Crippen molar-refractivity contribution in [3.05, 3.63) is 12.2 Å². The Kier molecular flexibility index (Phi) is 9.11. The molecule has 0 aromatic rings. The molecule has 0 aliphatic carbocycles. The maximum absolute atomic E-state index is 10.6. The number of esters is 1. The number of hydrogen-bond acceptors (Lipinski definition) is 5. The van der Waals surface area contributed by atoms with Gasteiger partial charge in [0.15, 0.2) is 0 Å². The summed E-state index contributed by atoms with van der Waals surface area (Å²) in [6.45, 7) is 4.80. The van der Waals surface area contributed by atoms with Gasteiger partial charge in [-0.05, 0) is 0 Å². The Bertz CT molecular complexity index is 336. The number of hydrogen-bond donors (Lipinski definition) is 2. The minimum Gasteiger partial charge on any atom is -0.264 e. The number of carbonyl (C=O) groups is 2. The smallest absolute Gasteiger partial charge is 0.264 e. The normalized spacial score (nSPS) is 9.67. The molecule has 0 saturated carbocycles. The first kappa shape index (κ1) is 17.2. The van der Waals surface area contributed by atoms with Crippen LogP contribution in [0.15, 0.2) is 12.2 Å². The van der Waals surface area contributed by atoms with Gasteiger partial charge in [0.1, 0.15) is 0 Å². The largest absolute Gasteiger partial charge is 0.394 e. The predicted octanol–water partition coefficient (Wildman–Crippen LogP) is -0.852. The van der Waals surface area contributed by atoms with E-state index in [1.165, 1.54) is 0 Å². The maximum Gasteiger partial charge on any atom is 0.394 e. The van der Waals surface area contributed by atoms with E-state index in [1.807, 2.05) is 0 Å². The Morgan fingerprint density at radius 3 is 1.93 bits per heavy atom. The zero-order chi connectivity index (χ0) is 12.6. The first-order valence-corrected chi connectivity index (χ1v) is 5.95. The average molecular weight is 248 g/mol. The van der Waals surface area contributed by atoms with Crippen molar-refractivity contribution in [1.82, 2.24) is 0 Å². The number of ether oxygens (including phenoxy) is 1. The first-order valence-electron chi connectivity index (χ1n) is 3.56. The zero-order valence-electron chi connectivity index (χ0n) is 8.26. The fourth-order valence-corrected chi connectivity index (χ4v) is 0.435. The van der Waals surface area contributed by atoms with E-state index in [4.69, 9.17) is 17.5 Å². The van der Waals surface area contributed by atoms with E-state index < -0.39 is 16.4 Å². The number of carbonyl (C=O) groups excluding carboxylic acids is 2. The third-order valence-corrected chi connectivity index (χ3v) is 1.04. The third kappa shape index (κ3) is 24.8. The van der Waals surface area contributed by atoms with Crippen LogP contribution in [0.4, 0.5) is 0 Å². The second-order valence-electron chi connectivity index (χ2n) is 2.51. The summed E-state index contributed by atoms with van der Waals surface area (Å²) < 4.78 is 36.1. The van der Waals surface area contributed by atoms with Gasteiger partial charge in [-0.1, -0.05) is 0 Å². The van der Waals surface area contributed by atoms with E-state index in [0.29, 0.717) is 33.5 Å². The van der Waals surface area contributed by atoms with Crippen molar-refractivity contribution in [3.63, 3.8) is 0 Å². The van der Waals surface area contributed by atoms with E-state index in [1.54, 1.807) is 6.92 Å². The minimum atomic E-state index is -4.67. The molecule has 82 valence electrons. The van der Waals surface area contributed by atoms with Gasteiger partial charge in [0, 0.05) is 0 Å². The summed E-state index contributed by atoms with van der Waals surface area (Å²) in [5.74, 6) is -0.496. The Morgan fingerprint density at radius 2 is 1.73 bits per heavy atom. The molecule has 0 fully saturated rings. The van der Waals surface area contributed by atoms with Gasteiger partial charge in [-0.25, -0.2) is 0 Å². The van der Waals surface area contributed by atoms with Crippen LogP contribution in [0.1, 0.15) is 6.92 Å². The van der Waals surface area contributed by atoms with Gasteiger partial charge in [0.2, 0.25) is 0 Å². The van der Waals surface area contributed by atoms with Crippen LogP contribution in [-0.2, 0) is 24.7 Å². The summed E-state index contributed by atoms with van der Waals surface area (Å²) in [5.41, 5.74) is 0.322. The van der Waals surface area contributed by atoms with E-state index in [-0.39, 0.29) is 9.64 Å².